The van der Waals surface area contributed by atoms with Crippen molar-refractivity contribution in [1.29, 1.82) is 0 Å². The molecule has 0 fully saturated rings. The van der Waals surface area contributed by atoms with Crippen molar-refractivity contribution in [3.8, 4) is 11.4 Å². The van der Waals surface area contributed by atoms with E-state index in [0.29, 0.717) is 0 Å². The lowest BCUT2D eigenvalue weighted by atomic mass is 10.1. The van der Waals surface area contributed by atoms with Crippen LogP contribution in [0.3, 0.4) is 0 Å². The quantitative estimate of drug-likeness (QED) is 0.780. The molecule has 2 aromatic heterocycles. The third kappa shape index (κ3) is 2.06. The maximum atomic E-state index is 4.75. The number of nitrogens with one attached hydrogen (secondary N) is 1. The topological polar surface area (TPSA) is 37.8 Å². The van der Waals surface area contributed by atoms with Gasteiger partial charge >= 0.3 is 0 Å². The Morgan fingerprint density at radius 2 is 2.00 bits per heavy atom. The highest BCUT2D eigenvalue weighted by molar-refractivity contribution is 7.17. The predicted octanol–water partition coefficient (Wildman–Crippen LogP) is 4.27. The van der Waals surface area contributed by atoms with E-state index in [-0.39, 0.29) is 0 Å². The molecule has 102 valence electrons. The van der Waals surface area contributed by atoms with Crippen LogP contribution in [0.15, 0.2) is 29.6 Å². The lowest BCUT2D eigenvalue weighted by Gasteiger charge is -2.10. The Labute approximate surface area is 122 Å². The fraction of sp³-hybridized carbons (Fsp3) is 0.250. The minimum Gasteiger partial charge on any atom is -0.373 e. The number of rotatable bonds is 3. The SMILES string of the molecule is CCc1nc(-c2csc3ccccc23)nc(NC)c1C. The molecule has 3 rings (SSSR count). The molecule has 0 aliphatic carbocycles. The van der Waals surface area contributed by atoms with Gasteiger partial charge in [0.15, 0.2) is 5.82 Å². The first-order valence-electron chi connectivity index (χ1n) is 6.76. The third-order valence-corrected chi connectivity index (χ3v) is 4.50. The molecule has 0 unspecified atom stereocenters. The fourth-order valence-corrected chi connectivity index (χ4v) is 3.36. The summed E-state index contributed by atoms with van der Waals surface area (Å²) in [6, 6.07) is 8.40. The highest BCUT2D eigenvalue weighted by Gasteiger charge is 2.13. The minimum absolute atomic E-state index is 0.814. The van der Waals surface area contributed by atoms with Crippen LogP contribution in [0.4, 0.5) is 5.82 Å². The van der Waals surface area contributed by atoms with E-state index < -0.39 is 0 Å². The number of benzene rings is 1. The van der Waals surface area contributed by atoms with E-state index in [1.165, 1.54) is 10.1 Å². The molecule has 0 saturated heterocycles. The second-order valence-electron chi connectivity index (χ2n) is 4.72. The van der Waals surface area contributed by atoms with Gasteiger partial charge in [-0.05, 0) is 19.4 Å². The summed E-state index contributed by atoms with van der Waals surface area (Å²) < 4.78 is 1.27. The summed E-state index contributed by atoms with van der Waals surface area (Å²) in [4.78, 5) is 9.42. The standard InChI is InChI=1S/C16H17N3S/c1-4-13-10(2)15(17-3)19-16(18-13)12-9-20-14-8-6-5-7-11(12)14/h5-9H,4H2,1-3H3,(H,17,18,19). The van der Waals surface area contributed by atoms with Gasteiger partial charge in [-0.25, -0.2) is 9.97 Å². The van der Waals surface area contributed by atoms with Gasteiger partial charge in [0.25, 0.3) is 0 Å². The number of anilines is 1. The van der Waals surface area contributed by atoms with Gasteiger partial charge in [-0.3, -0.25) is 0 Å². The van der Waals surface area contributed by atoms with Crippen molar-refractivity contribution < 1.29 is 0 Å². The monoisotopic (exact) mass is 283 g/mol. The predicted molar refractivity (Wildman–Crippen MR) is 86.5 cm³/mol. The maximum Gasteiger partial charge on any atom is 0.163 e. The van der Waals surface area contributed by atoms with Crippen LogP contribution >= 0.6 is 11.3 Å². The Kier molecular flexibility index (Phi) is 3.40. The van der Waals surface area contributed by atoms with Crippen LogP contribution in [0.5, 0.6) is 0 Å². The number of thiophene rings is 1. The zero-order valence-corrected chi connectivity index (χ0v) is 12.7. The van der Waals surface area contributed by atoms with Gasteiger partial charge in [-0.1, -0.05) is 25.1 Å². The van der Waals surface area contributed by atoms with Crippen LogP contribution in [-0.4, -0.2) is 17.0 Å². The Bertz CT molecular complexity index is 736. The van der Waals surface area contributed by atoms with E-state index in [9.17, 15) is 0 Å². The average molecular weight is 283 g/mol. The molecule has 0 atom stereocenters. The lowest BCUT2D eigenvalue weighted by Crippen LogP contribution is -2.04. The van der Waals surface area contributed by atoms with Gasteiger partial charge < -0.3 is 5.32 Å². The van der Waals surface area contributed by atoms with Crippen LogP contribution in [0, 0.1) is 6.92 Å². The summed E-state index contributed by atoms with van der Waals surface area (Å²) in [6.07, 6.45) is 0.915. The van der Waals surface area contributed by atoms with Crippen molar-refractivity contribution >= 4 is 27.2 Å². The second-order valence-corrected chi connectivity index (χ2v) is 5.63. The van der Waals surface area contributed by atoms with Crippen LogP contribution < -0.4 is 5.32 Å². The molecule has 2 heterocycles. The molecule has 1 aromatic carbocycles. The molecular weight excluding hydrogens is 266 g/mol. The minimum atomic E-state index is 0.814. The van der Waals surface area contributed by atoms with Crippen molar-refractivity contribution in [3.63, 3.8) is 0 Å². The second kappa shape index (κ2) is 5.21. The van der Waals surface area contributed by atoms with Gasteiger partial charge in [0.2, 0.25) is 0 Å². The largest absolute Gasteiger partial charge is 0.373 e. The Hall–Kier alpha value is -1.94. The van der Waals surface area contributed by atoms with Crippen molar-refractivity contribution in [1.82, 2.24) is 9.97 Å². The number of hydrogen-bond donors (Lipinski definition) is 1. The molecule has 3 nitrogen and oxygen atoms in total. The number of fused-ring (bicyclic) bond motifs is 1. The van der Waals surface area contributed by atoms with Crippen molar-refractivity contribution in [2.45, 2.75) is 20.3 Å². The highest BCUT2D eigenvalue weighted by Crippen LogP contribution is 2.33. The molecule has 0 radical (unpaired) electrons. The first-order valence-corrected chi connectivity index (χ1v) is 7.64. The summed E-state index contributed by atoms with van der Waals surface area (Å²) in [5.41, 5.74) is 3.37. The maximum absolute atomic E-state index is 4.75. The summed E-state index contributed by atoms with van der Waals surface area (Å²) in [6.45, 7) is 4.20. The summed E-state index contributed by atoms with van der Waals surface area (Å²) in [5, 5.41) is 6.55. The smallest absolute Gasteiger partial charge is 0.163 e. The van der Waals surface area contributed by atoms with Gasteiger partial charge in [-0.2, -0.15) is 0 Å². The van der Waals surface area contributed by atoms with Gasteiger partial charge in [-0.15, -0.1) is 11.3 Å². The molecule has 20 heavy (non-hydrogen) atoms. The normalized spacial score (nSPS) is 10.9. The molecular formula is C16H17N3S. The molecule has 0 saturated carbocycles. The van der Waals surface area contributed by atoms with Gasteiger partial charge in [0, 0.05) is 39.3 Å². The number of nitrogens with zero attached hydrogens (tertiary/aromatic N) is 2. The molecule has 1 N–H and O–H groups in total. The summed E-state index contributed by atoms with van der Waals surface area (Å²) >= 11 is 1.74. The Morgan fingerprint density at radius 3 is 2.75 bits per heavy atom. The molecule has 0 aliphatic rings. The summed E-state index contributed by atoms with van der Waals surface area (Å²) in [5.74, 6) is 1.73. The zero-order chi connectivity index (χ0) is 14.1. The van der Waals surface area contributed by atoms with Crippen molar-refractivity contribution in [2.24, 2.45) is 0 Å². The Balaban J connectivity index is 2.24. The fourth-order valence-electron chi connectivity index (χ4n) is 2.42. The number of hydrogen-bond acceptors (Lipinski definition) is 4. The van der Waals surface area contributed by atoms with Crippen molar-refractivity contribution in [2.75, 3.05) is 12.4 Å². The van der Waals surface area contributed by atoms with Crippen molar-refractivity contribution in [3.05, 3.63) is 40.9 Å². The first kappa shape index (κ1) is 13.1. The molecule has 0 bridgehead atoms. The Morgan fingerprint density at radius 1 is 1.20 bits per heavy atom. The number of aryl methyl sites for hydroxylation is 1. The van der Waals surface area contributed by atoms with E-state index in [1.54, 1.807) is 11.3 Å². The molecule has 3 aromatic rings. The van der Waals surface area contributed by atoms with Crippen LogP contribution in [-0.2, 0) is 6.42 Å². The van der Waals surface area contributed by atoms with E-state index in [1.807, 2.05) is 7.05 Å². The van der Waals surface area contributed by atoms with Crippen LogP contribution in [0.25, 0.3) is 21.5 Å². The van der Waals surface area contributed by atoms with Gasteiger partial charge in [0.1, 0.15) is 5.82 Å². The first-order chi connectivity index (χ1) is 9.74. The van der Waals surface area contributed by atoms with E-state index in [2.05, 4.69) is 53.8 Å². The average Bonchev–Trinajstić information content (AvgIpc) is 2.91. The van der Waals surface area contributed by atoms with E-state index in [0.717, 1.165) is 34.9 Å². The lowest BCUT2D eigenvalue weighted by molar-refractivity contribution is 0.979. The molecule has 0 spiro atoms. The van der Waals surface area contributed by atoms with Crippen LogP contribution in [0.2, 0.25) is 0 Å². The molecule has 4 heteroatoms. The molecule has 0 amide bonds. The molecule has 0 aliphatic heterocycles. The number of aromatic nitrogens is 2. The van der Waals surface area contributed by atoms with Gasteiger partial charge in [0.05, 0.1) is 0 Å². The van der Waals surface area contributed by atoms with Crippen LogP contribution in [0.1, 0.15) is 18.2 Å². The highest BCUT2D eigenvalue weighted by atomic mass is 32.1. The van der Waals surface area contributed by atoms with E-state index in [4.69, 9.17) is 4.98 Å². The summed E-state index contributed by atoms with van der Waals surface area (Å²) in [7, 11) is 1.91. The zero-order valence-electron chi connectivity index (χ0n) is 11.9. The van der Waals surface area contributed by atoms with E-state index >= 15 is 0 Å². The third-order valence-electron chi connectivity index (χ3n) is 3.54.